The van der Waals surface area contributed by atoms with Crippen LogP contribution in [0.4, 0.5) is 0 Å². The third-order valence-corrected chi connectivity index (χ3v) is 6.00. The maximum Gasteiger partial charge on any atom is 0.262 e. The summed E-state index contributed by atoms with van der Waals surface area (Å²) in [5, 5.41) is 1.41. The zero-order chi connectivity index (χ0) is 20.1. The maximum absolute atomic E-state index is 13.2. The number of unbranched alkanes of at least 4 members (excludes halogenated alkanes) is 2. The van der Waals surface area contributed by atoms with Crippen LogP contribution in [0.2, 0.25) is 0 Å². The summed E-state index contributed by atoms with van der Waals surface area (Å²) in [4.78, 5) is 18.0. The Bertz CT molecular complexity index is 1030. The van der Waals surface area contributed by atoms with E-state index in [2.05, 4.69) is 39.0 Å². The van der Waals surface area contributed by atoms with Gasteiger partial charge in [0.1, 0.15) is 5.75 Å². The topological polar surface area (TPSA) is 44.1 Å². The molecule has 0 atom stereocenters. The van der Waals surface area contributed by atoms with Gasteiger partial charge in [0.05, 0.1) is 18.0 Å². The van der Waals surface area contributed by atoms with E-state index in [0.717, 1.165) is 35.7 Å². The first kappa shape index (κ1) is 20.5. The molecular formula is C23H28N2O2S. The van der Waals surface area contributed by atoms with Crippen molar-refractivity contribution in [1.82, 2.24) is 9.55 Å². The lowest BCUT2D eigenvalue weighted by molar-refractivity contribution is 0.415. The Labute approximate surface area is 171 Å². The summed E-state index contributed by atoms with van der Waals surface area (Å²) in [6.45, 7) is 7.10. The molecule has 0 aliphatic heterocycles. The minimum absolute atomic E-state index is 0.0171. The molecule has 1 heterocycles. The Balaban J connectivity index is 1.99. The number of rotatable bonds is 8. The van der Waals surface area contributed by atoms with E-state index in [-0.39, 0.29) is 5.56 Å². The second-order valence-corrected chi connectivity index (χ2v) is 8.10. The molecule has 0 saturated heterocycles. The fraction of sp³-hybridized carbons (Fsp3) is 0.391. The van der Waals surface area contributed by atoms with Gasteiger partial charge in [-0.25, -0.2) is 4.98 Å². The fourth-order valence-corrected chi connectivity index (χ4v) is 4.32. The lowest BCUT2D eigenvalue weighted by atomic mass is 10.1. The van der Waals surface area contributed by atoms with Crippen molar-refractivity contribution < 1.29 is 4.74 Å². The summed E-state index contributed by atoms with van der Waals surface area (Å²) >= 11 is 1.64. The molecule has 0 aliphatic rings. The Morgan fingerprint density at radius 3 is 2.68 bits per heavy atom. The highest BCUT2D eigenvalue weighted by Gasteiger charge is 2.13. The molecule has 0 N–H and O–H groups in total. The smallest absolute Gasteiger partial charge is 0.262 e. The largest absolute Gasteiger partial charge is 0.497 e. The normalized spacial score (nSPS) is 11.1. The number of hydrogen-bond donors (Lipinski definition) is 0. The number of ether oxygens (including phenoxy) is 1. The second-order valence-electron chi connectivity index (χ2n) is 7.16. The molecule has 0 aliphatic carbocycles. The van der Waals surface area contributed by atoms with E-state index in [4.69, 9.17) is 9.72 Å². The molecule has 0 bridgehead atoms. The van der Waals surface area contributed by atoms with E-state index in [1.54, 1.807) is 24.9 Å². The van der Waals surface area contributed by atoms with Gasteiger partial charge in [0.2, 0.25) is 0 Å². The SMILES string of the molecule is CCCCCn1c(SCc2cc(C)ccc2C)nc2ccc(OC)cc2c1=O. The quantitative estimate of drug-likeness (QED) is 0.286. The predicted octanol–water partition coefficient (Wildman–Crippen LogP) is 5.50. The molecule has 3 rings (SSSR count). The first-order chi connectivity index (χ1) is 13.5. The Kier molecular flexibility index (Phi) is 6.79. The van der Waals surface area contributed by atoms with Gasteiger partial charge in [-0.2, -0.15) is 0 Å². The van der Waals surface area contributed by atoms with Gasteiger partial charge in [0.25, 0.3) is 5.56 Å². The van der Waals surface area contributed by atoms with Crippen LogP contribution >= 0.6 is 11.8 Å². The van der Waals surface area contributed by atoms with Crippen molar-refractivity contribution in [3.05, 3.63) is 63.4 Å². The van der Waals surface area contributed by atoms with E-state index >= 15 is 0 Å². The van der Waals surface area contributed by atoms with Gasteiger partial charge in [-0.15, -0.1) is 0 Å². The van der Waals surface area contributed by atoms with Crippen LogP contribution in [0, 0.1) is 13.8 Å². The molecule has 5 heteroatoms. The molecule has 2 aromatic carbocycles. The van der Waals surface area contributed by atoms with E-state index < -0.39 is 0 Å². The third kappa shape index (κ3) is 4.58. The van der Waals surface area contributed by atoms with Crippen molar-refractivity contribution in [2.45, 2.75) is 57.5 Å². The van der Waals surface area contributed by atoms with Gasteiger partial charge in [-0.1, -0.05) is 55.3 Å². The van der Waals surface area contributed by atoms with Crippen LogP contribution in [0.15, 0.2) is 46.3 Å². The van der Waals surface area contributed by atoms with Crippen LogP contribution in [0.5, 0.6) is 5.75 Å². The lowest BCUT2D eigenvalue weighted by Gasteiger charge is -2.14. The van der Waals surface area contributed by atoms with Crippen LogP contribution in [0.25, 0.3) is 10.9 Å². The molecule has 0 amide bonds. The minimum atomic E-state index is 0.0171. The first-order valence-corrected chi connectivity index (χ1v) is 10.8. The molecule has 0 saturated carbocycles. The third-order valence-electron chi connectivity index (χ3n) is 4.97. The molecule has 0 fully saturated rings. The molecule has 1 aromatic heterocycles. The van der Waals surface area contributed by atoms with Gasteiger partial charge >= 0.3 is 0 Å². The molecule has 4 nitrogen and oxygen atoms in total. The van der Waals surface area contributed by atoms with Crippen LogP contribution in [0.1, 0.15) is 42.9 Å². The van der Waals surface area contributed by atoms with Gasteiger partial charge in [0.15, 0.2) is 5.16 Å². The van der Waals surface area contributed by atoms with Gasteiger partial charge in [-0.05, 0) is 49.6 Å². The second kappa shape index (κ2) is 9.28. The highest BCUT2D eigenvalue weighted by Crippen LogP contribution is 2.26. The van der Waals surface area contributed by atoms with Crippen molar-refractivity contribution >= 4 is 22.7 Å². The van der Waals surface area contributed by atoms with Crippen LogP contribution < -0.4 is 10.3 Å². The van der Waals surface area contributed by atoms with Crippen LogP contribution in [-0.4, -0.2) is 16.7 Å². The van der Waals surface area contributed by atoms with Gasteiger partial charge in [-0.3, -0.25) is 9.36 Å². The summed E-state index contributed by atoms with van der Waals surface area (Å²) in [6.07, 6.45) is 3.20. The Morgan fingerprint density at radius 1 is 1.11 bits per heavy atom. The number of methoxy groups -OCH3 is 1. The molecule has 0 radical (unpaired) electrons. The molecule has 3 aromatic rings. The fourth-order valence-electron chi connectivity index (χ4n) is 3.23. The summed E-state index contributed by atoms with van der Waals surface area (Å²) in [5.74, 6) is 1.48. The molecule has 148 valence electrons. The van der Waals surface area contributed by atoms with E-state index in [9.17, 15) is 4.79 Å². The van der Waals surface area contributed by atoms with Crippen molar-refractivity contribution in [3.63, 3.8) is 0 Å². The molecule has 28 heavy (non-hydrogen) atoms. The average Bonchev–Trinajstić information content (AvgIpc) is 2.70. The van der Waals surface area contributed by atoms with Crippen molar-refractivity contribution in [1.29, 1.82) is 0 Å². The highest BCUT2D eigenvalue weighted by molar-refractivity contribution is 7.98. The predicted molar refractivity (Wildman–Crippen MR) is 118 cm³/mol. The Morgan fingerprint density at radius 2 is 1.93 bits per heavy atom. The summed E-state index contributed by atoms with van der Waals surface area (Å²) in [6, 6.07) is 12.0. The highest BCUT2D eigenvalue weighted by atomic mass is 32.2. The van der Waals surface area contributed by atoms with E-state index in [0.29, 0.717) is 17.7 Å². The lowest BCUT2D eigenvalue weighted by Crippen LogP contribution is -2.23. The number of nitrogens with zero attached hydrogens (tertiary/aromatic N) is 2. The number of aryl methyl sites for hydroxylation is 2. The van der Waals surface area contributed by atoms with E-state index in [1.165, 1.54) is 16.7 Å². The number of fused-ring (bicyclic) bond motifs is 1. The zero-order valence-corrected chi connectivity index (χ0v) is 17.9. The molecule has 0 spiro atoms. The number of benzene rings is 2. The zero-order valence-electron chi connectivity index (χ0n) is 17.1. The van der Waals surface area contributed by atoms with Crippen molar-refractivity contribution in [2.75, 3.05) is 7.11 Å². The minimum Gasteiger partial charge on any atom is -0.497 e. The molecule has 0 unspecified atom stereocenters. The number of hydrogen-bond acceptors (Lipinski definition) is 4. The van der Waals surface area contributed by atoms with Crippen LogP contribution in [-0.2, 0) is 12.3 Å². The van der Waals surface area contributed by atoms with Crippen molar-refractivity contribution in [2.24, 2.45) is 0 Å². The summed E-state index contributed by atoms with van der Waals surface area (Å²) < 4.78 is 7.14. The van der Waals surface area contributed by atoms with Crippen LogP contribution in [0.3, 0.4) is 0 Å². The number of thioether (sulfide) groups is 1. The summed E-state index contributed by atoms with van der Waals surface area (Å²) in [5.41, 5.74) is 4.54. The van der Waals surface area contributed by atoms with Gasteiger partial charge < -0.3 is 4.74 Å². The monoisotopic (exact) mass is 396 g/mol. The maximum atomic E-state index is 13.2. The molecular weight excluding hydrogens is 368 g/mol. The number of aromatic nitrogens is 2. The summed E-state index contributed by atoms with van der Waals surface area (Å²) in [7, 11) is 1.61. The van der Waals surface area contributed by atoms with Crippen molar-refractivity contribution in [3.8, 4) is 5.75 Å². The van der Waals surface area contributed by atoms with Gasteiger partial charge in [0, 0.05) is 12.3 Å². The Hall–Kier alpha value is -2.27. The average molecular weight is 397 g/mol. The standard InChI is InChI=1S/C23H28N2O2S/c1-5-6-7-12-25-22(26)20-14-19(27-4)10-11-21(20)24-23(25)28-15-18-13-16(2)8-9-17(18)3/h8-11,13-14H,5-7,12,15H2,1-4H3. The van der Waals surface area contributed by atoms with E-state index in [1.807, 2.05) is 16.7 Å². The first-order valence-electron chi connectivity index (χ1n) is 9.81.